The summed E-state index contributed by atoms with van der Waals surface area (Å²) in [6, 6.07) is 6.26. The number of hydrogen-bond acceptors (Lipinski definition) is 2. The first-order chi connectivity index (χ1) is 7.84. The minimum Gasteiger partial charge on any atom is -0.289 e. The molecule has 1 aliphatic rings. The van der Waals surface area contributed by atoms with E-state index in [-0.39, 0.29) is 0 Å². The van der Waals surface area contributed by atoms with Gasteiger partial charge in [0.05, 0.1) is 11.7 Å². The molecule has 2 aromatic rings. The Morgan fingerprint density at radius 3 is 3.12 bits per heavy atom. The van der Waals surface area contributed by atoms with E-state index in [1.165, 1.54) is 23.1 Å². The van der Waals surface area contributed by atoms with Crippen LogP contribution in [0.15, 0.2) is 29.4 Å². The van der Waals surface area contributed by atoms with Crippen LogP contribution in [0.3, 0.4) is 0 Å². The maximum Gasteiger partial charge on any atom is 0.0657 e. The molecule has 0 bridgehead atoms. The van der Waals surface area contributed by atoms with E-state index in [4.69, 9.17) is 0 Å². The zero-order valence-electron chi connectivity index (χ0n) is 9.40. The van der Waals surface area contributed by atoms with Crippen LogP contribution in [-0.4, -0.2) is 22.5 Å². The minimum atomic E-state index is 0.729. The number of fused-ring (bicyclic) bond motifs is 1. The van der Waals surface area contributed by atoms with Gasteiger partial charge in [-0.2, -0.15) is 5.10 Å². The van der Waals surface area contributed by atoms with Gasteiger partial charge in [0.1, 0.15) is 0 Å². The van der Waals surface area contributed by atoms with Crippen LogP contribution in [0.25, 0.3) is 10.9 Å². The molecular weight excluding hydrogens is 198 g/mol. The fraction of sp³-hybridized carbons (Fsp3) is 0.385. The molecule has 0 saturated carbocycles. The lowest BCUT2D eigenvalue weighted by Crippen LogP contribution is -2.14. The molecule has 0 radical (unpaired) electrons. The van der Waals surface area contributed by atoms with Gasteiger partial charge in [0.15, 0.2) is 0 Å². The third-order valence-corrected chi connectivity index (χ3v) is 3.26. The summed E-state index contributed by atoms with van der Waals surface area (Å²) in [5, 5.41) is 8.29. The van der Waals surface area contributed by atoms with Crippen molar-refractivity contribution in [3.8, 4) is 0 Å². The van der Waals surface area contributed by atoms with Gasteiger partial charge in [-0.25, -0.2) is 0 Å². The van der Waals surface area contributed by atoms with E-state index in [0.29, 0.717) is 0 Å². The normalized spacial score (nSPS) is 21.1. The first-order valence-electron chi connectivity index (χ1n) is 5.80. The number of nitrogens with zero attached hydrogens (tertiary/aromatic N) is 2. The lowest BCUT2D eigenvalue weighted by molar-refractivity contribution is 0.539. The molecule has 0 aliphatic carbocycles. The lowest BCUT2D eigenvalue weighted by atomic mass is 9.94. The van der Waals surface area contributed by atoms with Gasteiger partial charge in [-0.15, -0.1) is 0 Å². The van der Waals surface area contributed by atoms with Gasteiger partial charge in [0.25, 0.3) is 0 Å². The van der Waals surface area contributed by atoms with Crippen molar-refractivity contribution in [1.82, 2.24) is 10.2 Å². The summed E-state index contributed by atoms with van der Waals surface area (Å²) in [7, 11) is 0. The number of H-pyrrole nitrogens is 1. The van der Waals surface area contributed by atoms with Crippen LogP contribution in [-0.2, 0) is 0 Å². The quantitative estimate of drug-likeness (QED) is 0.777. The number of nitrogens with one attached hydrogen (secondary N) is 1. The van der Waals surface area contributed by atoms with Crippen LogP contribution in [0.2, 0.25) is 0 Å². The number of aliphatic imine (C=N–C) groups is 1. The summed E-state index contributed by atoms with van der Waals surface area (Å²) < 4.78 is 0. The fourth-order valence-corrected chi connectivity index (χ4v) is 2.26. The molecule has 1 unspecified atom stereocenters. The number of hydrogen-bond donors (Lipinski definition) is 1. The molecule has 3 rings (SSSR count). The van der Waals surface area contributed by atoms with Gasteiger partial charge in [0.2, 0.25) is 0 Å². The Balaban J connectivity index is 2.09. The van der Waals surface area contributed by atoms with E-state index in [1.807, 2.05) is 6.20 Å². The van der Waals surface area contributed by atoms with Gasteiger partial charge in [0, 0.05) is 23.2 Å². The van der Waals surface area contributed by atoms with Crippen molar-refractivity contribution < 1.29 is 0 Å². The summed E-state index contributed by atoms with van der Waals surface area (Å²) in [6.07, 6.45) is 4.23. The van der Waals surface area contributed by atoms with Crippen LogP contribution in [0.5, 0.6) is 0 Å². The maximum atomic E-state index is 4.69. The van der Waals surface area contributed by atoms with Crippen LogP contribution >= 0.6 is 0 Å². The van der Waals surface area contributed by atoms with Crippen LogP contribution < -0.4 is 0 Å². The largest absolute Gasteiger partial charge is 0.289 e. The second kappa shape index (κ2) is 3.74. The van der Waals surface area contributed by atoms with Crippen LogP contribution in [0.1, 0.15) is 25.3 Å². The molecule has 0 saturated heterocycles. The van der Waals surface area contributed by atoms with Crippen molar-refractivity contribution in [3.05, 3.63) is 30.0 Å². The second-order valence-corrected chi connectivity index (χ2v) is 4.57. The van der Waals surface area contributed by atoms with E-state index < -0.39 is 0 Å². The lowest BCUT2D eigenvalue weighted by Gasteiger charge is -2.17. The number of aromatic nitrogens is 2. The van der Waals surface area contributed by atoms with E-state index in [1.54, 1.807) is 0 Å². The third-order valence-electron chi connectivity index (χ3n) is 3.26. The number of rotatable bonds is 1. The van der Waals surface area contributed by atoms with Gasteiger partial charge >= 0.3 is 0 Å². The fourth-order valence-electron chi connectivity index (χ4n) is 2.26. The molecule has 0 fully saturated rings. The molecule has 0 spiro atoms. The summed E-state index contributed by atoms with van der Waals surface area (Å²) in [4.78, 5) is 4.69. The Kier molecular flexibility index (Phi) is 2.24. The number of aromatic amines is 1. The van der Waals surface area contributed by atoms with Crippen molar-refractivity contribution in [2.75, 3.05) is 6.54 Å². The van der Waals surface area contributed by atoms with Gasteiger partial charge in [-0.1, -0.05) is 19.1 Å². The van der Waals surface area contributed by atoms with E-state index in [9.17, 15) is 0 Å². The molecule has 3 nitrogen and oxygen atoms in total. The highest BCUT2D eigenvalue weighted by molar-refractivity contribution is 6.10. The minimum absolute atomic E-state index is 0.729. The molecule has 1 aliphatic heterocycles. The van der Waals surface area contributed by atoms with Crippen LogP contribution in [0.4, 0.5) is 0 Å². The smallest absolute Gasteiger partial charge is 0.0657 e. The molecule has 1 atom stereocenters. The second-order valence-electron chi connectivity index (χ2n) is 4.57. The van der Waals surface area contributed by atoms with Gasteiger partial charge < -0.3 is 0 Å². The molecule has 1 aromatic heterocycles. The van der Waals surface area contributed by atoms with E-state index in [2.05, 4.69) is 40.3 Å². The van der Waals surface area contributed by atoms with Crippen molar-refractivity contribution in [1.29, 1.82) is 0 Å². The molecule has 16 heavy (non-hydrogen) atoms. The first-order valence-corrected chi connectivity index (χ1v) is 5.80. The Morgan fingerprint density at radius 2 is 2.31 bits per heavy atom. The summed E-state index contributed by atoms with van der Waals surface area (Å²) in [5.74, 6) is 0.729. The Bertz CT molecular complexity index is 539. The predicted molar refractivity (Wildman–Crippen MR) is 65.9 cm³/mol. The Labute approximate surface area is 94.6 Å². The third kappa shape index (κ3) is 1.52. The van der Waals surface area contributed by atoms with Crippen molar-refractivity contribution in [3.63, 3.8) is 0 Å². The first kappa shape index (κ1) is 9.58. The van der Waals surface area contributed by atoms with Crippen molar-refractivity contribution in [2.45, 2.75) is 19.8 Å². The maximum absolute atomic E-state index is 4.69. The molecular formula is C13H15N3. The molecule has 1 N–H and O–H groups in total. The predicted octanol–water partition coefficient (Wildman–Crippen LogP) is 2.78. The van der Waals surface area contributed by atoms with E-state index in [0.717, 1.165) is 24.4 Å². The summed E-state index contributed by atoms with van der Waals surface area (Å²) in [6.45, 7) is 3.22. The molecule has 0 amide bonds. The molecule has 1 aromatic carbocycles. The number of benzene rings is 1. The molecule has 3 heteroatoms. The topological polar surface area (TPSA) is 41.0 Å². The standard InChI is InChI=1S/C13H15N3/c1-9-5-6-12(14-7-9)10-3-2-4-13-11(10)8-15-16-13/h2-4,8-9H,5-7H2,1H3,(H,15,16). The van der Waals surface area contributed by atoms with Crippen LogP contribution in [0, 0.1) is 5.92 Å². The highest BCUT2D eigenvalue weighted by Crippen LogP contribution is 2.23. The molecule has 82 valence electrons. The summed E-state index contributed by atoms with van der Waals surface area (Å²) >= 11 is 0. The highest BCUT2D eigenvalue weighted by atomic mass is 15.1. The zero-order valence-corrected chi connectivity index (χ0v) is 9.40. The Hall–Kier alpha value is -1.64. The SMILES string of the molecule is CC1CCC(c2cccc3[nH]ncc23)=NC1. The molecule has 2 heterocycles. The average molecular weight is 213 g/mol. The van der Waals surface area contributed by atoms with Gasteiger partial charge in [-0.05, 0) is 24.8 Å². The van der Waals surface area contributed by atoms with Gasteiger partial charge in [-0.3, -0.25) is 10.1 Å². The monoisotopic (exact) mass is 213 g/mol. The van der Waals surface area contributed by atoms with E-state index >= 15 is 0 Å². The Morgan fingerprint density at radius 1 is 1.38 bits per heavy atom. The average Bonchev–Trinajstić information content (AvgIpc) is 2.78. The zero-order chi connectivity index (χ0) is 11.0. The highest BCUT2D eigenvalue weighted by Gasteiger charge is 2.15. The summed E-state index contributed by atoms with van der Waals surface area (Å²) in [5.41, 5.74) is 3.59. The van der Waals surface area contributed by atoms with Crippen molar-refractivity contribution in [2.24, 2.45) is 10.9 Å². The van der Waals surface area contributed by atoms with Crippen molar-refractivity contribution >= 4 is 16.6 Å².